The number of anilines is 1. The number of amides is 1. The Balaban J connectivity index is 0.00000289. The fourth-order valence-electron chi connectivity index (χ4n) is 3.50. The molecule has 1 aliphatic heterocycles. The van der Waals surface area contributed by atoms with E-state index < -0.39 is 0 Å². The Labute approximate surface area is 192 Å². The van der Waals surface area contributed by atoms with Crippen molar-refractivity contribution in [2.75, 3.05) is 45.3 Å². The molecule has 170 valence electrons. The van der Waals surface area contributed by atoms with Gasteiger partial charge in [-0.25, -0.2) is 14.4 Å². The van der Waals surface area contributed by atoms with Gasteiger partial charge in [0.1, 0.15) is 18.5 Å². The zero-order valence-electron chi connectivity index (χ0n) is 18.2. The Morgan fingerprint density at radius 3 is 2.78 bits per heavy atom. The van der Waals surface area contributed by atoms with Crippen molar-refractivity contribution in [3.63, 3.8) is 0 Å². The third-order valence-corrected chi connectivity index (χ3v) is 5.14. The number of carbonyl (C=O) groups excluding carboxylic acids is 1. The van der Waals surface area contributed by atoms with E-state index >= 15 is 0 Å². The largest absolute Gasteiger partial charge is 0.473 e. The summed E-state index contributed by atoms with van der Waals surface area (Å²) < 4.78 is 26.2. The van der Waals surface area contributed by atoms with E-state index in [1.807, 2.05) is 6.07 Å². The molecule has 0 aliphatic carbocycles. The van der Waals surface area contributed by atoms with E-state index in [1.165, 1.54) is 13.0 Å². The van der Waals surface area contributed by atoms with Gasteiger partial charge in [-0.15, -0.1) is 0 Å². The Kier molecular flexibility index (Phi) is 7.47. The molecule has 3 heterocycles. The summed E-state index contributed by atoms with van der Waals surface area (Å²) in [6.45, 7) is 3.23. The monoisotopic (exact) mass is 459 g/mol. The lowest BCUT2D eigenvalue weighted by Gasteiger charge is -2.32. The molecule has 3 aromatic rings. The number of benzene rings is 1. The van der Waals surface area contributed by atoms with Gasteiger partial charge in [-0.1, -0.05) is 6.07 Å². The molecule has 10 heteroatoms. The minimum Gasteiger partial charge on any atom is -0.473 e. The molecule has 1 atom stereocenters. The smallest absolute Gasteiger partial charge is 0.242 e. The maximum Gasteiger partial charge on any atom is 0.242 e. The molecule has 1 amide bonds. The molecule has 1 saturated heterocycles. The average Bonchev–Trinajstić information content (AvgIpc) is 2.77. The first-order chi connectivity index (χ1) is 14.9. The minimum absolute atomic E-state index is 0. The SMILES string of the molecule is CC(=O)N1CCO[C@H](COc2nc(-c3ccc(N(C)C)c(F)c3)cc3nccnc23)C1.S. The Bertz CT molecular complexity index is 1110. The van der Waals surface area contributed by atoms with Gasteiger partial charge in [0.05, 0.1) is 30.0 Å². The van der Waals surface area contributed by atoms with E-state index in [9.17, 15) is 9.18 Å². The number of morpholine rings is 1. The number of fused-ring (bicyclic) bond motifs is 1. The summed E-state index contributed by atoms with van der Waals surface area (Å²) >= 11 is 0. The van der Waals surface area contributed by atoms with Crippen LogP contribution in [0, 0.1) is 5.82 Å². The van der Waals surface area contributed by atoms with Crippen molar-refractivity contribution in [2.24, 2.45) is 0 Å². The topological polar surface area (TPSA) is 80.7 Å². The molecule has 2 aromatic heterocycles. The second-order valence-electron chi connectivity index (χ2n) is 7.57. The molecule has 1 aromatic carbocycles. The lowest BCUT2D eigenvalue weighted by atomic mass is 10.1. The quantitative estimate of drug-likeness (QED) is 0.580. The van der Waals surface area contributed by atoms with Gasteiger partial charge in [0.2, 0.25) is 11.8 Å². The van der Waals surface area contributed by atoms with Crippen molar-refractivity contribution in [2.45, 2.75) is 13.0 Å². The summed E-state index contributed by atoms with van der Waals surface area (Å²) in [5.74, 6) is -0.0416. The van der Waals surface area contributed by atoms with Crippen LogP contribution < -0.4 is 9.64 Å². The molecular formula is C22H26FN5O3S. The normalized spacial score (nSPS) is 15.9. The molecule has 8 nitrogen and oxygen atoms in total. The molecular weight excluding hydrogens is 433 g/mol. The average molecular weight is 460 g/mol. The number of aromatic nitrogens is 3. The van der Waals surface area contributed by atoms with Crippen LogP contribution in [0.4, 0.5) is 10.1 Å². The number of nitrogens with zero attached hydrogens (tertiary/aromatic N) is 5. The fraction of sp³-hybridized carbons (Fsp3) is 0.364. The van der Waals surface area contributed by atoms with Crippen LogP contribution in [0.3, 0.4) is 0 Å². The van der Waals surface area contributed by atoms with Gasteiger partial charge in [0, 0.05) is 45.5 Å². The molecule has 0 N–H and O–H groups in total. The molecule has 0 saturated carbocycles. The van der Waals surface area contributed by atoms with Crippen molar-refractivity contribution in [3.8, 4) is 17.1 Å². The van der Waals surface area contributed by atoms with Crippen LogP contribution in [0.25, 0.3) is 22.3 Å². The highest BCUT2D eigenvalue weighted by Gasteiger charge is 2.23. The van der Waals surface area contributed by atoms with Gasteiger partial charge in [0.15, 0.2) is 5.52 Å². The van der Waals surface area contributed by atoms with Crippen molar-refractivity contribution < 1.29 is 18.7 Å². The number of hydrogen-bond donors (Lipinski definition) is 0. The zero-order chi connectivity index (χ0) is 22.0. The maximum absolute atomic E-state index is 14.5. The zero-order valence-corrected chi connectivity index (χ0v) is 19.2. The Hall–Kier alpha value is -2.98. The highest BCUT2D eigenvalue weighted by Crippen LogP contribution is 2.29. The number of rotatable bonds is 5. The highest BCUT2D eigenvalue weighted by molar-refractivity contribution is 7.59. The van der Waals surface area contributed by atoms with Crippen LogP contribution in [0.1, 0.15) is 6.92 Å². The van der Waals surface area contributed by atoms with Crippen LogP contribution >= 0.6 is 13.5 Å². The number of hydrogen-bond acceptors (Lipinski definition) is 7. The van der Waals surface area contributed by atoms with Gasteiger partial charge >= 0.3 is 0 Å². The van der Waals surface area contributed by atoms with Crippen LogP contribution in [0.5, 0.6) is 5.88 Å². The molecule has 0 radical (unpaired) electrons. The van der Waals surface area contributed by atoms with Gasteiger partial charge in [-0.2, -0.15) is 13.5 Å². The van der Waals surface area contributed by atoms with Gasteiger partial charge in [-0.05, 0) is 18.2 Å². The first-order valence-corrected chi connectivity index (χ1v) is 10.0. The summed E-state index contributed by atoms with van der Waals surface area (Å²) in [6.07, 6.45) is 2.88. The fourth-order valence-corrected chi connectivity index (χ4v) is 3.50. The maximum atomic E-state index is 14.5. The van der Waals surface area contributed by atoms with E-state index in [4.69, 9.17) is 9.47 Å². The molecule has 0 spiro atoms. The predicted octanol–water partition coefficient (Wildman–Crippen LogP) is 2.64. The summed E-state index contributed by atoms with van der Waals surface area (Å²) in [5.41, 5.74) is 2.73. The van der Waals surface area contributed by atoms with Crippen molar-refractivity contribution in [1.82, 2.24) is 19.9 Å². The Morgan fingerprint density at radius 2 is 2.06 bits per heavy atom. The standard InChI is InChI=1S/C22H24FN5O3.H2S/c1-14(29)28-8-9-30-16(12-28)13-31-22-21-19(24-6-7-25-21)11-18(26-22)15-4-5-20(27(2)3)17(23)10-15;/h4-7,10-11,16H,8-9,12-13H2,1-3H3;1H2/t16-;/m0./s1. The van der Waals surface area contributed by atoms with Gasteiger partial charge in [0.25, 0.3) is 0 Å². The molecule has 1 fully saturated rings. The molecule has 0 bridgehead atoms. The second kappa shape index (κ2) is 10.1. The number of halogens is 1. The van der Waals surface area contributed by atoms with Crippen LogP contribution in [-0.4, -0.2) is 72.3 Å². The number of ether oxygens (including phenoxy) is 2. The van der Waals surface area contributed by atoms with Crippen LogP contribution in [0.2, 0.25) is 0 Å². The summed E-state index contributed by atoms with van der Waals surface area (Å²) in [4.78, 5) is 28.4. The molecule has 4 rings (SSSR count). The second-order valence-corrected chi connectivity index (χ2v) is 7.57. The Morgan fingerprint density at radius 1 is 1.28 bits per heavy atom. The number of carbonyl (C=O) groups is 1. The van der Waals surface area contributed by atoms with Gasteiger partial charge < -0.3 is 19.3 Å². The molecule has 1 aliphatic rings. The van der Waals surface area contributed by atoms with E-state index in [0.717, 1.165) is 0 Å². The summed E-state index contributed by atoms with van der Waals surface area (Å²) in [5, 5.41) is 0. The number of pyridine rings is 1. The van der Waals surface area contributed by atoms with Crippen molar-refractivity contribution in [3.05, 3.63) is 42.5 Å². The first kappa shape index (κ1) is 23.7. The third-order valence-electron chi connectivity index (χ3n) is 5.14. The summed E-state index contributed by atoms with van der Waals surface area (Å²) in [7, 11) is 3.57. The third kappa shape index (κ3) is 5.08. The molecule has 32 heavy (non-hydrogen) atoms. The van der Waals surface area contributed by atoms with E-state index in [0.29, 0.717) is 53.6 Å². The lowest BCUT2D eigenvalue weighted by Crippen LogP contribution is -2.46. The van der Waals surface area contributed by atoms with Gasteiger partial charge in [-0.3, -0.25) is 9.78 Å². The molecule has 0 unspecified atom stereocenters. The van der Waals surface area contributed by atoms with Crippen LogP contribution in [0.15, 0.2) is 36.7 Å². The van der Waals surface area contributed by atoms with E-state index in [1.54, 1.807) is 48.4 Å². The summed E-state index contributed by atoms with van der Waals surface area (Å²) in [6, 6.07) is 6.72. The highest BCUT2D eigenvalue weighted by atomic mass is 32.1. The lowest BCUT2D eigenvalue weighted by molar-refractivity contribution is -0.137. The predicted molar refractivity (Wildman–Crippen MR) is 125 cm³/mol. The van der Waals surface area contributed by atoms with Crippen molar-refractivity contribution in [1.29, 1.82) is 0 Å². The first-order valence-electron chi connectivity index (χ1n) is 10.0. The minimum atomic E-state index is -0.342. The van der Waals surface area contributed by atoms with E-state index in [-0.39, 0.29) is 37.9 Å². The van der Waals surface area contributed by atoms with Crippen molar-refractivity contribution >= 4 is 36.1 Å². The van der Waals surface area contributed by atoms with E-state index in [2.05, 4.69) is 15.0 Å². The van der Waals surface area contributed by atoms with Crippen LogP contribution in [-0.2, 0) is 9.53 Å².